The summed E-state index contributed by atoms with van der Waals surface area (Å²) < 4.78 is 35.9. The number of piperidine rings is 2. The van der Waals surface area contributed by atoms with Crippen LogP contribution in [0.2, 0.25) is 5.15 Å². The van der Waals surface area contributed by atoms with Crippen molar-refractivity contribution in [2.75, 3.05) is 32.7 Å². The number of nitrogens with zero attached hydrogens (tertiary/aromatic N) is 5. The average Bonchev–Trinajstić information content (AvgIpc) is 3.33. The van der Waals surface area contributed by atoms with Crippen LogP contribution in [0.1, 0.15) is 89.7 Å². The number of aromatic nitrogens is 2. The molecule has 9 nitrogen and oxygen atoms in total. The third kappa shape index (κ3) is 5.72. The van der Waals surface area contributed by atoms with E-state index in [1.165, 1.54) is 36.8 Å². The first-order valence-corrected chi connectivity index (χ1v) is 16.9. The van der Waals surface area contributed by atoms with Gasteiger partial charge in [-0.05, 0) is 44.9 Å². The van der Waals surface area contributed by atoms with Crippen LogP contribution < -0.4 is 0 Å². The van der Waals surface area contributed by atoms with E-state index in [0.29, 0.717) is 30.7 Å². The van der Waals surface area contributed by atoms with E-state index in [4.69, 9.17) is 16.3 Å². The van der Waals surface area contributed by atoms with Gasteiger partial charge in [0.25, 0.3) is 0 Å². The Hall–Kier alpha value is -1.36. The fraction of sp³-hybridized carbons (Fsp3) is 0.857. The minimum Gasteiger partial charge on any atom is -0.440 e. The summed E-state index contributed by atoms with van der Waals surface area (Å²) >= 11 is 6.29. The van der Waals surface area contributed by atoms with Gasteiger partial charge < -0.3 is 9.64 Å². The van der Waals surface area contributed by atoms with Crippen molar-refractivity contribution in [3.8, 4) is 0 Å². The number of carbonyl (C=O) groups excluding carboxylic acids is 1. The van der Waals surface area contributed by atoms with Crippen LogP contribution in [0.25, 0.3) is 0 Å². The van der Waals surface area contributed by atoms with E-state index in [0.717, 1.165) is 64.6 Å². The Morgan fingerprint density at radius 1 is 1.05 bits per heavy atom. The Morgan fingerprint density at radius 3 is 2.31 bits per heavy atom. The lowest BCUT2D eigenvalue weighted by Crippen LogP contribution is -2.56. The summed E-state index contributed by atoms with van der Waals surface area (Å²) in [7, 11) is -2.02. The maximum Gasteiger partial charge on any atom is 0.410 e. The second-order valence-electron chi connectivity index (χ2n) is 12.2. The molecule has 1 unspecified atom stereocenters. The number of ether oxygens (including phenoxy) is 1. The van der Waals surface area contributed by atoms with Crippen LogP contribution in [0.5, 0.6) is 0 Å². The molecule has 5 rings (SSSR count). The van der Waals surface area contributed by atoms with Crippen LogP contribution in [0.3, 0.4) is 0 Å². The molecule has 1 aliphatic carbocycles. The maximum absolute atomic E-state index is 13.3. The summed E-state index contributed by atoms with van der Waals surface area (Å²) in [5.41, 5.74) is 0.0583. The number of rotatable bonds is 8. The predicted molar refractivity (Wildman–Crippen MR) is 151 cm³/mol. The van der Waals surface area contributed by atoms with Gasteiger partial charge in [-0.2, -0.15) is 9.40 Å². The summed E-state index contributed by atoms with van der Waals surface area (Å²) in [6.45, 7) is 7.48. The molecular weight excluding hydrogens is 538 g/mol. The number of carbonyl (C=O) groups is 1. The third-order valence-corrected chi connectivity index (χ3v) is 12.4. The lowest BCUT2D eigenvalue weighted by Gasteiger charge is -2.46. The van der Waals surface area contributed by atoms with Gasteiger partial charge in [0.2, 0.25) is 10.0 Å². The number of halogens is 1. The fourth-order valence-electron chi connectivity index (χ4n) is 7.56. The monoisotopic (exact) mass is 583 g/mol. The molecule has 3 aliphatic heterocycles. The molecular formula is C28H46ClN5O4S. The van der Waals surface area contributed by atoms with Crippen LogP contribution in [-0.2, 0) is 21.8 Å². The van der Waals surface area contributed by atoms with Crippen LogP contribution in [0, 0.1) is 12.8 Å². The standard InChI is InChI=1S/C28H46ClN5O4S/c1-4-5-11-24-28(38-27(35)34(24)20-22-9-7-6-8-10-22)14-18-32(19-15-28)23-12-16-33(17-13-23)39(36,37)25-21(2)30-31(3)26(25)29/h22-24H,4-20H2,1-3H3. The third-order valence-electron chi connectivity index (χ3n) is 9.80. The highest BCUT2D eigenvalue weighted by Gasteiger charge is 2.55. The smallest absolute Gasteiger partial charge is 0.410 e. The van der Waals surface area contributed by atoms with Crippen molar-refractivity contribution in [1.82, 2.24) is 23.9 Å². The van der Waals surface area contributed by atoms with E-state index in [1.807, 2.05) is 0 Å². The highest BCUT2D eigenvalue weighted by Crippen LogP contribution is 2.43. The zero-order valence-electron chi connectivity index (χ0n) is 23.9. The van der Waals surface area contributed by atoms with Crippen molar-refractivity contribution in [1.29, 1.82) is 0 Å². The van der Waals surface area contributed by atoms with Gasteiger partial charge in [-0.15, -0.1) is 0 Å². The van der Waals surface area contributed by atoms with Gasteiger partial charge in [-0.1, -0.05) is 50.6 Å². The summed E-state index contributed by atoms with van der Waals surface area (Å²) in [5, 5.41) is 4.36. The van der Waals surface area contributed by atoms with Crippen molar-refractivity contribution in [2.45, 2.75) is 113 Å². The van der Waals surface area contributed by atoms with Crippen molar-refractivity contribution >= 4 is 27.7 Å². The Morgan fingerprint density at radius 2 is 1.72 bits per heavy atom. The molecule has 1 spiro atoms. The van der Waals surface area contributed by atoms with Crippen LogP contribution >= 0.6 is 11.6 Å². The highest BCUT2D eigenvalue weighted by atomic mass is 35.5. The van der Waals surface area contributed by atoms with Crippen molar-refractivity contribution < 1.29 is 17.9 Å². The van der Waals surface area contributed by atoms with Gasteiger partial charge in [0, 0.05) is 58.7 Å². The molecule has 0 N–H and O–H groups in total. The summed E-state index contributed by atoms with van der Waals surface area (Å²) in [5.74, 6) is 0.609. The van der Waals surface area contributed by atoms with Gasteiger partial charge in [-0.25, -0.2) is 13.2 Å². The first kappa shape index (κ1) is 29.1. The molecule has 220 valence electrons. The number of hydrogen-bond acceptors (Lipinski definition) is 6. The van der Waals surface area contributed by atoms with E-state index < -0.39 is 10.0 Å². The van der Waals surface area contributed by atoms with E-state index in [2.05, 4.69) is 21.8 Å². The number of amides is 1. The fourth-order valence-corrected chi connectivity index (χ4v) is 9.74. The van der Waals surface area contributed by atoms with E-state index >= 15 is 0 Å². The maximum atomic E-state index is 13.3. The molecule has 1 saturated carbocycles. The van der Waals surface area contributed by atoms with Gasteiger partial charge in [0.05, 0.1) is 11.7 Å². The van der Waals surface area contributed by atoms with Gasteiger partial charge >= 0.3 is 6.09 Å². The molecule has 1 atom stereocenters. The summed E-state index contributed by atoms with van der Waals surface area (Å²) in [4.78, 5) is 17.9. The second-order valence-corrected chi connectivity index (χ2v) is 14.5. The number of unbranched alkanes of at least 4 members (excludes halogenated alkanes) is 1. The van der Waals surface area contributed by atoms with E-state index in [-0.39, 0.29) is 27.8 Å². The molecule has 3 saturated heterocycles. The van der Waals surface area contributed by atoms with E-state index in [1.54, 1.807) is 18.3 Å². The molecule has 0 radical (unpaired) electrons. The second kappa shape index (κ2) is 11.9. The molecule has 4 fully saturated rings. The largest absolute Gasteiger partial charge is 0.440 e. The Bertz CT molecular complexity index is 1120. The van der Waals surface area contributed by atoms with Crippen molar-refractivity contribution in [3.63, 3.8) is 0 Å². The van der Waals surface area contributed by atoms with Gasteiger partial charge in [0.1, 0.15) is 15.6 Å². The number of likely N-dealkylation sites (tertiary alicyclic amines) is 1. The van der Waals surface area contributed by atoms with Crippen molar-refractivity contribution in [3.05, 3.63) is 10.8 Å². The lowest BCUT2D eigenvalue weighted by molar-refractivity contribution is -0.0374. The van der Waals surface area contributed by atoms with Crippen LogP contribution in [0.4, 0.5) is 4.79 Å². The van der Waals surface area contributed by atoms with Gasteiger partial charge in [-0.3, -0.25) is 9.58 Å². The van der Waals surface area contributed by atoms with Gasteiger partial charge in [0.15, 0.2) is 0 Å². The lowest BCUT2D eigenvalue weighted by atomic mass is 9.80. The molecule has 4 aliphatic rings. The predicted octanol–water partition coefficient (Wildman–Crippen LogP) is 4.96. The molecule has 11 heteroatoms. The molecule has 1 aromatic heterocycles. The Labute approximate surface area is 239 Å². The molecule has 0 bridgehead atoms. The number of sulfonamides is 1. The van der Waals surface area contributed by atoms with Crippen LogP contribution in [-0.4, -0.2) is 88.8 Å². The first-order chi connectivity index (χ1) is 18.7. The molecule has 4 heterocycles. The summed E-state index contributed by atoms with van der Waals surface area (Å²) in [6.07, 6.45) is 12.8. The minimum absolute atomic E-state index is 0.0991. The molecule has 1 amide bonds. The summed E-state index contributed by atoms with van der Waals surface area (Å²) in [6, 6.07) is 0.511. The average molecular weight is 584 g/mol. The normalized spacial score (nSPS) is 26.0. The van der Waals surface area contributed by atoms with E-state index in [9.17, 15) is 13.2 Å². The number of hydrogen-bond donors (Lipinski definition) is 0. The zero-order chi connectivity index (χ0) is 27.8. The van der Waals surface area contributed by atoms with Crippen LogP contribution in [0.15, 0.2) is 4.90 Å². The first-order valence-electron chi connectivity index (χ1n) is 15.1. The minimum atomic E-state index is -3.68. The molecule has 1 aromatic rings. The Balaban J connectivity index is 1.20. The van der Waals surface area contributed by atoms with Crippen molar-refractivity contribution in [2.24, 2.45) is 13.0 Å². The zero-order valence-corrected chi connectivity index (χ0v) is 25.5. The molecule has 39 heavy (non-hydrogen) atoms. The molecule has 0 aromatic carbocycles. The Kier molecular flexibility index (Phi) is 8.86. The SMILES string of the molecule is CCCCC1N(CC2CCCCC2)C(=O)OC12CCN(C1CCN(S(=O)(=O)c3c(C)nn(C)c3Cl)CC1)CC2. The quantitative estimate of drug-likeness (QED) is 0.430. The number of aryl methyl sites for hydroxylation is 2. The highest BCUT2D eigenvalue weighted by molar-refractivity contribution is 7.89. The topological polar surface area (TPSA) is 88.0 Å².